The van der Waals surface area contributed by atoms with Gasteiger partial charge in [0.25, 0.3) is 0 Å². The number of aryl methyl sites for hydroxylation is 1. The number of rotatable bonds is 2. The molecule has 2 amide bonds. The van der Waals surface area contributed by atoms with Crippen LogP contribution < -0.4 is 0 Å². The third kappa shape index (κ3) is 3.28. The molecule has 3 fully saturated rings. The number of carbonyl (C=O) groups is 1. The zero-order valence-corrected chi connectivity index (χ0v) is 14.4. The van der Waals surface area contributed by atoms with Gasteiger partial charge in [-0.15, -0.1) is 0 Å². The molecule has 0 spiro atoms. The predicted molar refractivity (Wildman–Crippen MR) is 89.5 cm³/mol. The zero-order chi connectivity index (χ0) is 16.5. The molecule has 1 aromatic rings. The molecule has 0 unspecified atom stereocenters. The first kappa shape index (κ1) is 15.9. The van der Waals surface area contributed by atoms with Gasteiger partial charge in [0.15, 0.2) is 0 Å². The first-order valence-corrected chi connectivity index (χ1v) is 9.04. The molecule has 0 aromatic carbocycles. The number of urea groups is 1. The molecule has 24 heavy (non-hydrogen) atoms. The van der Waals surface area contributed by atoms with Crippen LogP contribution in [0.5, 0.6) is 0 Å². The van der Waals surface area contributed by atoms with E-state index in [0.717, 1.165) is 65.3 Å². The summed E-state index contributed by atoms with van der Waals surface area (Å²) in [5.41, 5.74) is 1.24. The molecule has 0 saturated carbocycles. The number of likely N-dealkylation sites (tertiary alicyclic amines) is 2. The maximum atomic E-state index is 12.6. The highest BCUT2D eigenvalue weighted by Gasteiger charge is 2.40. The number of aromatic nitrogens is 2. The van der Waals surface area contributed by atoms with Crippen LogP contribution in [0.4, 0.5) is 4.79 Å². The van der Waals surface area contributed by atoms with E-state index in [0.29, 0.717) is 5.92 Å². The van der Waals surface area contributed by atoms with Gasteiger partial charge in [-0.3, -0.25) is 9.58 Å². The quantitative estimate of drug-likeness (QED) is 0.802. The van der Waals surface area contributed by atoms with Crippen molar-refractivity contribution in [2.75, 3.05) is 45.9 Å². The Balaban J connectivity index is 1.37. The van der Waals surface area contributed by atoms with E-state index in [-0.39, 0.29) is 12.1 Å². The smallest absolute Gasteiger partial charge is 0.320 e. The topological polar surface area (TPSA) is 53.8 Å². The Hall–Kier alpha value is -1.60. The Morgan fingerprint density at radius 2 is 2.04 bits per heavy atom. The average Bonchev–Trinajstić information content (AvgIpc) is 3.28. The normalized spacial score (nSPS) is 28.2. The molecule has 3 saturated heterocycles. The Labute approximate surface area is 143 Å². The first-order chi connectivity index (χ1) is 11.7. The van der Waals surface area contributed by atoms with Gasteiger partial charge in [-0.1, -0.05) is 0 Å². The van der Waals surface area contributed by atoms with Crippen LogP contribution in [0.3, 0.4) is 0 Å². The van der Waals surface area contributed by atoms with Crippen molar-refractivity contribution >= 4 is 6.03 Å². The van der Waals surface area contributed by atoms with E-state index in [4.69, 9.17) is 4.74 Å². The monoisotopic (exact) mass is 333 g/mol. The number of carbonyl (C=O) groups excluding carboxylic acids is 1. The number of amides is 2. The zero-order valence-electron chi connectivity index (χ0n) is 14.4. The van der Waals surface area contributed by atoms with Gasteiger partial charge in [-0.2, -0.15) is 5.10 Å². The molecule has 0 aliphatic carbocycles. The van der Waals surface area contributed by atoms with E-state index in [1.165, 1.54) is 5.56 Å². The van der Waals surface area contributed by atoms with Crippen molar-refractivity contribution < 1.29 is 9.53 Å². The van der Waals surface area contributed by atoms with E-state index < -0.39 is 0 Å². The lowest BCUT2D eigenvalue weighted by atomic mass is 10.1. The van der Waals surface area contributed by atoms with Crippen molar-refractivity contribution in [1.82, 2.24) is 24.5 Å². The summed E-state index contributed by atoms with van der Waals surface area (Å²) in [6.45, 7) is 6.99. The first-order valence-electron chi connectivity index (χ1n) is 9.04. The van der Waals surface area contributed by atoms with Crippen LogP contribution in [0, 0.1) is 5.92 Å². The Bertz CT molecular complexity index is 583. The van der Waals surface area contributed by atoms with Gasteiger partial charge in [0.2, 0.25) is 0 Å². The van der Waals surface area contributed by atoms with Crippen LogP contribution in [-0.4, -0.2) is 82.5 Å². The minimum Gasteiger partial charge on any atom is -0.375 e. The van der Waals surface area contributed by atoms with E-state index in [1.807, 2.05) is 27.7 Å². The summed E-state index contributed by atoms with van der Waals surface area (Å²) in [5, 5.41) is 4.25. The fourth-order valence-corrected chi connectivity index (χ4v) is 4.18. The molecule has 4 rings (SSSR count). The van der Waals surface area contributed by atoms with Crippen LogP contribution >= 0.6 is 0 Å². The van der Waals surface area contributed by atoms with Crippen molar-refractivity contribution in [3.8, 4) is 0 Å². The number of fused-ring (bicyclic) bond motifs is 1. The lowest BCUT2D eigenvalue weighted by Gasteiger charge is -2.25. The fourth-order valence-electron chi connectivity index (χ4n) is 4.18. The second kappa shape index (κ2) is 6.72. The molecule has 7 heteroatoms. The predicted octanol–water partition coefficient (Wildman–Crippen LogP) is 0.769. The summed E-state index contributed by atoms with van der Waals surface area (Å²) >= 11 is 0. The Morgan fingerprint density at radius 3 is 2.79 bits per heavy atom. The molecule has 4 heterocycles. The summed E-state index contributed by atoms with van der Waals surface area (Å²) in [4.78, 5) is 19.1. The van der Waals surface area contributed by atoms with Crippen LogP contribution in [0.15, 0.2) is 12.4 Å². The largest absolute Gasteiger partial charge is 0.375 e. The maximum absolute atomic E-state index is 12.6. The summed E-state index contributed by atoms with van der Waals surface area (Å²) < 4.78 is 7.91. The molecule has 132 valence electrons. The molecule has 7 nitrogen and oxygen atoms in total. The van der Waals surface area contributed by atoms with Gasteiger partial charge in [0.05, 0.1) is 18.9 Å². The molecule has 3 aliphatic heterocycles. The SMILES string of the molecule is Cn1cc(CN2CCO[C@H]3CN(C(=O)N4CCCC4)C[C@H]3C2)cn1. The van der Waals surface area contributed by atoms with Crippen LogP contribution in [0.1, 0.15) is 18.4 Å². The van der Waals surface area contributed by atoms with Crippen LogP contribution in [0.25, 0.3) is 0 Å². The fraction of sp³-hybridized carbons (Fsp3) is 0.765. The summed E-state index contributed by atoms with van der Waals surface area (Å²) in [5.74, 6) is 0.413. The second-order valence-electron chi connectivity index (χ2n) is 7.31. The van der Waals surface area contributed by atoms with E-state index in [2.05, 4.69) is 16.2 Å². The van der Waals surface area contributed by atoms with Crippen LogP contribution in [-0.2, 0) is 18.3 Å². The molecular formula is C17H27N5O2. The number of nitrogens with zero attached hydrogens (tertiary/aromatic N) is 5. The lowest BCUT2D eigenvalue weighted by molar-refractivity contribution is 0.0521. The van der Waals surface area contributed by atoms with E-state index in [9.17, 15) is 4.79 Å². The van der Waals surface area contributed by atoms with Gasteiger partial charge in [0, 0.05) is 70.5 Å². The van der Waals surface area contributed by atoms with Gasteiger partial charge in [-0.05, 0) is 12.8 Å². The molecular weight excluding hydrogens is 306 g/mol. The highest BCUT2D eigenvalue weighted by atomic mass is 16.5. The van der Waals surface area contributed by atoms with Crippen molar-refractivity contribution in [2.45, 2.75) is 25.5 Å². The van der Waals surface area contributed by atoms with E-state index >= 15 is 0 Å². The summed E-state index contributed by atoms with van der Waals surface area (Å²) in [7, 11) is 1.95. The van der Waals surface area contributed by atoms with Crippen molar-refractivity contribution in [3.63, 3.8) is 0 Å². The maximum Gasteiger partial charge on any atom is 0.320 e. The Kier molecular flexibility index (Phi) is 4.45. The van der Waals surface area contributed by atoms with Gasteiger partial charge < -0.3 is 14.5 Å². The summed E-state index contributed by atoms with van der Waals surface area (Å²) in [6.07, 6.45) is 6.47. The molecule has 0 bridgehead atoms. The number of hydrogen-bond acceptors (Lipinski definition) is 4. The highest BCUT2D eigenvalue weighted by Crippen LogP contribution is 2.26. The van der Waals surface area contributed by atoms with Crippen molar-refractivity contribution in [1.29, 1.82) is 0 Å². The lowest BCUT2D eigenvalue weighted by Crippen LogP contribution is -2.41. The minimum absolute atomic E-state index is 0.190. The third-order valence-corrected chi connectivity index (χ3v) is 5.42. The average molecular weight is 333 g/mol. The molecule has 0 radical (unpaired) electrons. The molecule has 0 N–H and O–H groups in total. The summed E-state index contributed by atoms with van der Waals surface area (Å²) in [6, 6.07) is 0.211. The second-order valence-corrected chi connectivity index (χ2v) is 7.31. The van der Waals surface area contributed by atoms with Crippen LogP contribution in [0.2, 0.25) is 0 Å². The van der Waals surface area contributed by atoms with Gasteiger partial charge in [-0.25, -0.2) is 4.79 Å². The standard InChI is InChI=1S/C17H27N5O2/c1-19-9-14(8-18-19)10-20-6-7-24-16-13-22(12-15(16)11-20)17(23)21-4-2-3-5-21/h8-9,15-16H,2-7,10-13H2,1H3/t15-,16+/m1/s1. The number of ether oxygens (including phenoxy) is 1. The minimum atomic E-state index is 0.190. The molecule has 3 aliphatic rings. The van der Waals surface area contributed by atoms with E-state index in [1.54, 1.807) is 0 Å². The van der Waals surface area contributed by atoms with Gasteiger partial charge in [0.1, 0.15) is 0 Å². The number of hydrogen-bond donors (Lipinski definition) is 0. The van der Waals surface area contributed by atoms with Crippen molar-refractivity contribution in [2.24, 2.45) is 13.0 Å². The molecule has 1 aromatic heterocycles. The van der Waals surface area contributed by atoms with Gasteiger partial charge >= 0.3 is 6.03 Å². The van der Waals surface area contributed by atoms with Crippen molar-refractivity contribution in [3.05, 3.63) is 18.0 Å². The Morgan fingerprint density at radius 1 is 1.21 bits per heavy atom. The highest BCUT2D eigenvalue weighted by molar-refractivity contribution is 5.75. The third-order valence-electron chi connectivity index (χ3n) is 5.42. The molecule has 2 atom stereocenters.